The number of rotatable bonds is 3. The highest BCUT2D eigenvalue weighted by Crippen LogP contribution is 2.50. The van der Waals surface area contributed by atoms with E-state index in [1.807, 2.05) is 0 Å². The smallest absolute Gasteiger partial charge is 0.128 e. The molecule has 1 aromatic carbocycles. The predicted octanol–water partition coefficient (Wildman–Crippen LogP) is 3.97. The van der Waals surface area contributed by atoms with Crippen LogP contribution in [0.15, 0.2) is 18.2 Å². The molecule has 94 valence electrons. The van der Waals surface area contributed by atoms with E-state index in [-0.39, 0.29) is 11.4 Å². The molecule has 0 amide bonds. The molecule has 2 atom stereocenters. The Morgan fingerprint density at radius 2 is 2.12 bits per heavy atom. The first-order valence-corrected chi connectivity index (χ1v) is 6.45. The summed E-state index contributed by atoms with van der Waals surface area (Å²) in [6.07, 6.45) is 1.03. The third kappa shape index (κ3) is 3.20. The zero-order chi connectivity index (χ0) is 12.6. The minimum absolute atomic E-state index is 0.117. The van der Waals surface area contributed by atoms with Gasteiger partial charge in [-0.1, -0.05) is 17.7 Å². The summed E-state index contributed by atoms with van der Waals surface area (Å²) in [7, 11) is 0. The number of nitrogens with one attached hydrogen (secondary N) is 1. The Morgan fingerprint density at radius 1 is 1.41 bits per heavy atom. The zero-order valence-corrected chi connectivity index (χ0v) is 11.3. The fourth-order valence-electron chi connectivity index (χ4n) is 2.13. The Labute approximate surface area is 107 Å². The van der Waals surface area contributed by atoms with E-state index in [1.54, 1.807) is 12.1 Å². The van der Waals surface area contributed by atoms with Crippen molar-refractivity contribution in [3.8, 4) is 0 Å². The molecule has 0 radical (unpaired) electrons. The maximum atomic E-state index is 13.7. The molecule has 1 aliphatic rings. The van der Waals surface area contributed by atoms with Gasteiger partial charge in [0.2, 0.25) is 0 Å². The van der Waals surface area contributed by atoms with E-state index in [1.165, 1.54) is 6.07 Å². The fraction of sp³-hybridized carbons (Fsp3) is 0.571. The van der Waals surface area contributed by atoms with Crippen molar-refractivity contribution < 1.29 is 4.39 Å². The van der Waals surface area contributed by atoms with Crippen LogP contribution >= 0.6 is 11.6 Å². The predicted molar refractivity (Wildman–Crippen MR) is 70.0 cm³/mol. The van der Waals surface area contributed by atoms with E-state index >= 15 is 0 Å². The van der Waals surface area contributed by atoms with Crippen molar-refractivity contribution in [3.63, 3.8) is 0 Å². The molecular formula is C14H19ClFN. The van der Waals surface area contributed by atoms with Gasteiger partial charge in [-0.25, -0.2) is 4.39 Å². The first-order valence-electron chi connectivity index (χ1n) is 6.07. The molecule has 1 fully saturated rings. The van der Waals surface area contributed by atoms with Crippen LogP contribution in [0.3, 0.4) is 0 Å². The van der Waals surface area contributed by atoms with Gasteiger partial charge in [0.15, 0.2) is 0 Å². The highest BCUT2D eigenvalue weighted by atomic mass is 35.5. The molecule has 1 nitrogen and oxygen atoms in total. The van der Waals surface area contributed by atoms with Gasteiger partial charge in [0, 0.05) is 16.1 Å². The van der Waals surface area contributed by atoms with Gasteiger partial charge in [-0.05, 0) is 57.7 Å². The van der Waals surface area contributed by atoms with Gasteiger partial charge >= 0.3 is 0 Å². The summed E-state index contributed by atoms with van der Waals surface area (Å²) < 4.78 is 13.7. The molecule has 0 aliphatic heterocycles. The molecule has 1 N–H and O–H groups in total. The molecule has 1 aliphatic carbocycles. The maximum absolute atomic E-state index is 13.7. The first-order chi connectivity index (χ1) is 7.88. The molecule has 2 unspecified atom stereocenters. The van der Waals surface area contributed by atoms with Crippen LogP contribution in [0.25, 0.3) is 0 Å². The zero-order valence-electron chi connectivity index (χ0n) is 10.6. The van der Waals surface area contributed by atoms with Crippen LogP contribution in [0.2, 0.25) is 5.02 Å². The Kier molecular flexibility index (Phi) is 3.46. The molecule has 3 heteroatoms. The summed E-state index contributed by atoms with van der Waals surface area (Å²) in [5.41, 5.74) is 0.821. The third-order valence-electron chi connectivity index (χ3n) is 3.19. The minimum Gasteiger partial charge on any atom is -0.312 e. The van der Waals surface area contributed by atoms with Crippen LogP contribution in [0.4, 0.5) is 4.39 Å². The summed E-state index contributed by atoms with van der Waals surface area (Å²) in [6, 6.07) is 4.92. The summed E-state index contributed by atoms with van der Waals surface area (Å²) in [4.78, 5) is 0. The average molecular weight is 256 g/mol. The second-order valence-corrected chi connectivity index (χ2v) is 6.28. The van der Waals surface area contributed by atoms with Gasteiger partial charge < -0.3 is 5.32 Å². The summed E-state index contributed by atoms with van der Waals surface area (Å²) in [5.74, 6) is 0.642. The van der Waals surface area contributed by atoms with Gasteiger partial charge in [-0.2, -0.15) is 0 Å². The summed E-state index contributed by atoms with van der Waals surface area (Å²) in [5, 5.41) is 4.02. The molecule has 0 spiro atoms. The van der Waals surface area contributed by atoms with E-state index in [9.17, 15) is 4.39 Å². The average Bonchev–Trinajstić information content (AvgIpc) is 2.93. The van der Waals surface area contributed by atoms with E-state index in [0.29, 0.717) is 22.4 Å². The van der Waals surface area contributed by atoms with Crippen molar-refractivity contribution in [1.82, 2.24) is 5.32 Å². The normalized spacial score (nSPS) is 23.8. The first kappa shape index (κ1) is 12.8. The molecular weight excluding hydrogens is 237 g/mol. The van der Waals surface area contributed by atoms with Crippen molar-refractivity contribution in [2.24, 2.45) is 5.92 Å². The van der Waals surface area contributed by atoms with Crippen LogP contribution in [0, 0.1) is 11.7 Å². The van der Waals surface area contributed by atoms with Crippen molar-refractivity contribution in [2.75, 3.05) is 6.54 Å². The van der Waals surface area contributed by atoms with Crippen LogP contribution < -0.4 is 5.32 Å². The standard InChI is InChI=1S/C14H19ClFN/c1-14(2,3)17-8-9-7-10(9)13-11(15)5-4-6-12(13)16/h4-6,9-10,17H,7-8H2,1-3H3. The van der Waals surface area contributed by atoms with Crippen LogP contribution in [0.5, 0.6) is 0 Å². The Morgan fingerprint density at radius 3 is 2.71 bits per heavy atom. The molecule has 0 bridgehead atoms. The lowest BCUT2D eigenvalue weighted by atomic mass is 10.1. The van der Waals surface area contributed by atoms with Gasteiger partial charge in [0.25, 0.3) is 0 Å². The Hall–Kier alpha value is -0.600. The lowest BCUT2D eigenvalue weighted by Gasteiger charge is -2.20. The number of hydrogen-bond donors (Lipinski definition) is 1. The molecule has 0 aromatic heterocycles. The topological polar surface area (TPSA) is 12.0 Å². The van der Waals surface area contributed by atoms with Crippen LogP contribution in [-0.4, -0.2) is 12.1 Å². The monoisotopic (exact) mass is 255 g/mol. The van der Waals surface area contributed by atoms with E-state index in [2.05, 4.69) is 26.1 Å². The molecule has 1 saturated carbocycles. The highest BCUT2D eigenvalue weighted by Gasteiger charge is 2.41. The summed E-state index contributed by atoms with van der Waals surface area (Å²) >= 11 is 6.06. The second-order valence-electron chi connectivity index (χ2n) is 5.87. The Balaban J connectivity index is 1.99. The molecule has 1 aromatic rings. The van der Waals surface area contributed by atoms with E-state index in [4.69, 9.17) is 11.6 Å². The number of hydrogen-bond acceptors (Lipinski definition) is 1. The quantitative estimate of drug-likeness (QED) is 0.862. The molecule has 17 heavy (non-hydrogen) atoms. The van der Waals surface area contributed by atoms with Gasteiger partial charge in [0.05, 0.1) is 0 Å². The lowest BCUT2D eigenvalue weighted by Crippen LogP contribution is -2.37. The van der Waals surface area contributed by atoms with Crippen molar-refractivity contribution in [3.05, 3.63) is 34.6 Å². The fourth-order valence-corrected chi connectivity index (χ4v) is 2.43. The molecule has 2 rings (SSSR count). The van der Waals surface area contributed by atoms with E-state index in [0.717, 1.165) is 13.0 Å². The van der Waals surface area contributed by atoms with Crippen molar-refractivity contribution in [2.45, 2.75) is 38.6 Å². The molecule has 0 heterocycles. The van der Waals surface area contributed by atoms with Crippen molar-refractivity contribution >= 4 is 11.6 Å². The van der Waals surface area contributed by atoms with Gasteiger partial charge in [-0.3, -0.25) is 0 Å². The highest BCUT2D eigenvalue weighted by molar-refractivity contribution is 6.31. The number of halogens is 2. The van der Waals surface area contributed by atoms with Crippen molar-refractivity contribution in [1.29, 1.82) is 0 Å². The summed E-state index contributed by atoms with van der Waals surface area (Å²) in [6.45, 7) is 7.35. The minimum atomic E-state index is -0.166. The largest absolute Gasteiger partial charge is 0.312 e. The van der Waals surface area contributed by atoms with E-state index < -0.39 is 0 Å². The maximum Gasteiger partial charge on any atom is 0.128 e. The molecule has 0 saturated heterocycles. The second kappa shape index (κ2) is 4.58. The Bertz CT molecular complexity index is 391. The third-order valence-corrected chi connectivity index (χ3v) is 3.52. The van der Waals surface area contributed by atoms with Crippen LogP contribution in [0.1, 0.15) is 38.7 Å². The van der Waals surface area contributed by atoms with Crippen LogP contribution in [-0.2, 0) is 0 Å². The lowest BCUT2D eigenvalue weighted by molar-refractivity contribution is 0.413. The van der Waals surface area contributed by atoms with Gasteiger partial charge in [0.1, 0.15) is 5.82 Å². The van der Waals surface area contributed by atoms with Gasteiger partial charge in [-0.15, -0.1) is 0 Å². The SMILES string of the molecule is CC(C)(C)NCC1CC1c1c(F)cccc1Cl. The number of benzene rings is 1.